The second kappa shape index (κ2) is 36.3. The van der Waals surface area contributed by atoms with Crippen LogP contribution in [0.2, 0.25) is 0 Å². The SMILES string of the molecule is COC[C@H]1OC(=O)/C(=C/N(C)C)C2=C(O)C(=O)C3=C([C@H](OC(C)=O)C[C@]4(C)C(OC(=O)CCCCC(=O)OC5CCC(C[C@@H](C)[C@@H]6CC(=O)[C@H](C)/C=C(\C)[C@@H](O)[C@@H](OC)C(=O)[C@H](C)C[C@H](C)/C=C/C=C/C=C(\C)[C@@H](OC)C[C@@H]7CC[C@@H](C)[C@@](O)(O7)C(=O)C(=O)N7CCCCC7C(=O)O6)CC5)CCC34)[C@]21C. The summed E-state index contributed by atoms with van der Waals surface area (Å²) in [6, 6.07) is -1.22. The number of carbonyl (C=O) groups excluding carboxylic acids is 10. The first kappa shape index (κ1) is 83.7. The standard InChI is InChI=1S/C81H116N2O22/c1-45-23-17-16-18-24-46(2)60(98-14)40-55-31-28-51(7)81(96,105-55)75(92)76(93)83-36-22-21-25-58(83)78(95)102-61(41-59(85)47(3)38-50(6)71(89)74(99-15)70(88)49(5)37-45)48(4)39-53-29-32-54(33-30-53)101-65(86)26-19-20-27-66(87)103-63-35-34-57-67-69(62(100-52(8)84)42-79(57,63)9)80(10)64(44-97-13)104-77(94)56(43-82(11)12)68(80)73(91)72(67)90/h16-18,23-24,38,43,45,47-49,51,53-55,57-58,60-64,71,74,89,91,96H,19-22,25-37,39-42,44H2,1-15H3/b18-16+,23-17+,46-24+,50-38+,56-43+/t45-,47-,48-,49-,51-,53?,54?,55+,57?,58?,60+,61+,62-,63?,64-,71-,74+,79+,80+,81-/m1/s1. The number of ether oxygens (including phenoxy) is 9. The van der Waals surface area contributed by atoms with Gasteiger partial charge in [0.05, 0.1) is 29.8 Å². The summed E-state index contributed by atoms with van der Waals surface area (Å²) < 4.78 is 53.9. The summed E-state index contributed by atoms with van der Waals surface area (Å²) in [5.74, 6) is -12.7. The largest absolute Gasteiger partial charge is 0.504 e. The lowest BCUT2D eigenvalue weighted by molar-refractivity contribution is -0.265. The fraction of sp³-hybridized carbons (Fsp3) is 0.704. The number of unbranched alkanes of at least 4 members (excludes halogenated alkanes) is 1. The minimum atomic E-state index is -2.49. The molecule has 8 rings (SSSR count). The molecule has 3 saturated heterocycles. The highest BCUT2D eigenvalue weighted by Crippen LogP contribution is 2.64. The molecule has 5 fully saturated rings. The number of piperidine rings is 1. The normalized spacial score (nSPS) is 37.4. The zero-order chi connectivity index (χ0) is 77.2. The summed E-state index contributed by atoms with van der Waals surface area (Å²) in [6.07, 6.45) is 11.8. The molecule has 0 aromatic heterocycles. The minimum Gasteiger partial charge on any atom is -0.504 e. The van der Waals surface area contributed by atoms with Crippen LogP contribution in [0.15, 0.2) is 81.9 Å². The molecule has 2 bridgehead atoms. The van der Waals surface area contributed by atoms with E-state index in [1.807, 2.05) is 58.1 Å². The molecule has 18 atom stereocenters. The van der Waals surface area contributed by atoms with Crippen LogP contribution in [0.25, 0.3) is 0 Å². The van der Waals surface area contributed by atoms with E-state index in [1.165, 1.54) is 32.2 Å². The van der Waals surface area contributed by atoms with E-state index in [9.17, 15) is 63.3 Å². The number of rotatable bonds is 16. The summed E-state index contributed by atoms with van der Waals surface area (Å²) >= 11 is 0. The molecular weight excluding hydrogens is 1350 g/mol. The Bertz CT molecular complexity index is 3460. The van der Waals surface area contributed by atoms with Gasteiger partial charge in [0.15, 0.2) is 11.5 Å². The van der Waals surface area contributed by atoms with E-state index in [0.29, 0.717) is 101 Å². The molecule has 24 nitrogen and oxygen atoms in total. The Kier molecular flexibility index (Phi) is 28.9. The minimum absolute atomic E-state index is 0.0119. The lowest BCUT2D eigenvalue weighted by atomic mass is 9.53. The van der Waals surface area contributed by atoms with Gasteiger partial charge < -0.3 is 67.8 Å². The number of amides is 1. The first-order chi connectivity index (χ1) is 49.6. The molecule has 4 aliphatic carbocycles. The molecule has 2 saturated carbocycles. The molecule has 0 spiro atoms. The van der Waals surface area contributed by atoms with E-state index < -0.39 is 154 Å². The maximum atomic E-state index is 14.7. The van der Waals surface area contributed by atoms with Crippen molar-refractivity contribution in [2.75, 3.05) is 48.6 Å². The first-order valence-corrected chi connectivity index (χ1v) is 38.0. The van der Waals surface area contributed by atoms with E-state index in [0.717, 1.165) is 5.57 Å². The maximum absolute atomic E-state index is 14.7. The number of hydrogen-bond acceptors (Lipinski definition) is 23. The number of ketones is 4. The lowest BCUT2D eigenvalue weighted by Gasteiger charge is -2.54. The highest BCUT2D eigenvalue weighted by molar-refractivity contribution is 6.39. The summed E-state index contributed by atoms with van der Waals surface area (Å²) in [4.78, 5) is 143. The van der Waals surface area contributed by atoms with Crippen molar-refractivity contribution in [1.29, 1.82) is 0 Å². The third-order valence-corrected chi connectivity index (χ3v) is 23.7. The summed E-state index contributed by atoms with van der Waals surface area (Å²) in [5, 5.41) is 35.7. The van der Waals surface area contributed by atoms with Crippen LogP contribution in [0.4, 0.5) is 0 Å². The Balaban J connectivity index is 0.901. The van der Waals surface area contributed by atoms with Gasteiger partial charge >= 0.3 is 29.8 Å². The number of Topliss-reactive ketones (excluding diaryl/α,β-unsaturated/α-hetero) is 4. The average molecular weight is 1470 g/mol. The van der Waals surface area contributed by atoms with Crippen LogP contribution in [-0.2, 0) is 90.6 Å². The van der Waals surface area contributed by atoms with Gasteiger partial charge in [0, 0.05) is 115 Å². The number of allylic oxidation sites excluding steroid dienone is 7. The van der Waals surface area contributed by atoms with E-state index in [2.05, 4.69) is 0 Å². The number of fused-ring (bicyclic) bond motifs is 7. The number of cyclic esters (lactones) is 2. The third-order valence-electron chi connectivity index (χ3n) is 23.7. The van der Waals surface area contributed by atoms with Crippen LogP contribution in [0, 0.1) is 52.3 Å². The number of nitrogens with zero attached hydrogens (tertiary/aromatic N) is 2. The predicted octanol–water partition coefficient (Wildman–Crippen LogP) is 10.0. The number of aliphatic hydroxyl groups excluding tert-OH is 2. The Hall–Kier alpha value is -6.96. The van der Waals surface area contributed by atoms with Crippen LogP contribution in [-0.4, -0.2) is 199 Å². The van der Waals surface area contributed by atoms with Crippen LogP contribution >= 0.6 is 0 Å². The number of carbonyl (C=O) groups is 10. The van der Waals surface area contributed by atoms with Crippen molar-refractivity contribution in [1.82, 2.24) is 9.80 Å². The number of aliphatic hydroxyl groups is 3. The first-order valence-electron chi connectivity index (χ1n) is 38.0. The second-order valence-corrected chi connectivity index (χ2v) is 31.8. The lowest BCUT2D eigenvalue weighted by Crippen LogP contribution is -2.61. The molecule has 105 heavy (non-hydrogen) atoms. The molecule has 24 heteroatoms. The van der Waals surface area contributed by atoms with Gasteiger partial charge in [-0.2, -0.15) is 0 Å². The number of hydrogen-bond donors (Lipinski definition) is 3. The van der Waals surface area contributed by atoms with Gasteiger partial charge in [-0.1, -0.05) is 78.0 Å². The average Bonchev–Trinajstić information content (AvgIpc) is 1.68. The van der Waals surface area contributed by atoms with Gasteiger partial charge in [-0.3, -0.25) is 38.4 Å². The van der Waals surface area contributed by atoms with Gasteiger partial charge in [-0.05, 0) is 164 Å². The molecular formula is C81H116N2O22. The van der Waals surface area contributed by atoms with Gasteiger partial charge in [-0.15, -0.1) is 0 Å². The van der Waals surface area contributed by atoms with Crippen LogP contribution in [0.1, 0.15) is 198 Å². The molecule has 0 radical (unpaired) electrons. The molecule has 4 aliphatic heterocycles. The third kappa shape index (κ3) is 19.1. The van der Waals surface area contributed by atoms with Gasteiger partial charge in [0.25, 0.3) is 11.7 Å². The molecule has 0 aromatic rings. The van der Waals surface area contributed by atoms with Crippen LogP contribution in [0.3, 0.4) is 0 Å². The van der Waals surface area contributed by atoms with Crippen molar-refractivity contribution < 1.29 is 106 Å². The van der Waals surface area contributed by atoms with Gasteiger partial charge in [0.2, 0.25) is 11.6 Å². The van der Waals surface area contributed by atoms with Crippen molar-refractivity contribution >= 4 is 58.9 Å². The number of methoxy groups -OCH3 is 3. The summed E-state index contributed by atoms with van der Waals surface area (Å²) in [6.45, 7) is 17.4. The molecule has 3 N–H and O–H groups in total. The van der Waals surface area contributed by atoms with Gasteiger partial charge in [0.1, 0.15) is 54.6 Å². The van der Waals surface area contributed by atoms with Crippen LogP contribution < -0.4 is 0 Å². The van der Waals surface area contributed by atoms with E-state index in [1.54, 1.807) is 66.8 Å². The Morgan fingerprint density at radius 1 is 0.800 bits per heavy atom. The van der Waals surface area contributed by atoms with E-state index in [-0.39, 0.29) is 97.9 Å². The Labute approximate surface area is 619 Å². The van der Waals surface area contributed by atoms with Crippen LogP contribution in [0.5, 0.6) is 0 Å². The quantitative estimate of drug-likeness (QED) is 0.0323. The van der Waals surface area contributed by atoms with Gasteiger partial charge in [-0.25, -0.2) is 9.59 Å². The molecule has 1 amide bonds. The monoisotopic (exact) mass is 1470 g/mol. The van der Waals surface area contributed by atoms with Crippen molar-refractivity contribution in [2.24, 2.45) is 52.3 Å². The number of esters is 5. The van der Waals surface area contributed by atoms with Crippen molar-refractivity contribution in [2.45, 2.75) is 264 Å². The van der Waals surface area contributed by atoms with Crippen molar-refractivity contribution in [3.05, 3.63) is 81.9 Å². The Morgan fingerprint density at radius 2 is 1.49 bits per heavy atom. The summed E-state index contributed by atoms with van der Waals surface area (Å²) in [5.41, 5.74) is -0.373. The topological polar surface area (TPSA) is 321 Å². The Morgan fingerprint density at radius 3 is 2.13 bits per heavy atom. The van der Waals surface area contributed by atoms with Crippen molar-refractivity contribution in [3.63, 3.8) is 0 Å². The van der Waals surface area contributed by atoms with E-state index in [4.69, 9.17) is 42.6 Å². The highest BCUT2D eigenvalue weighted by Gasteiger charge is 2.65. The second-order valence-electron chi connectivity index (χ2n) is 31.8. The zero-order valence-electron chi connectivity index (χ0n) is 64.4. The maximum Gasteiger partial charge on any atom is 0.340 e. The molecule has 3 unspecified atom stereocenters. The van der Waals surface area contributed by atoms with Crippen molar-refractivity contribution in [3.8, 4) is 0 Å². The molecule has 4 heterocycles. The van der Waals surface area contributed by atoms with E-state index >= 15 is 0 Å². The fourth-order valence-electron chi connectivity index (χ4n) is 17.6. The summed E-state index contributed by atoms with van der Waals surface area (Å²) in [7, 11) is 7.75. The molecule has 582 valence electrons. The zero-order valence-corrected chi connectivity index (χ0v) is 64.4. The molecule has 8 aliphatic rings. The smallest absolute Gasteiger partial charge is 0.340 e. The molecule has 0 aromatic carbocycles. The predicted molar refractivity (Wildman–Crippen MR) is 386 cm³/mol. The highest BCUT2D eigenvalue weighted by atomic mass is 16.6. The fourth-order valence-corrected chi connectivity index (χ4v) is 17.6.